The Balaban J connectivity index is 1.73. The van der Waals surface area contributed by atoms with Gasteiger partial charge in [0.1, 0.15) is 0 Å². The molecule has 0 aliphatic rings. The fraction of sp³-hybridized carbons (Fsp3) is 0. The zero-order chi connectivity index (χ0) is 17.8. The van der Waals surface area contributed by atoms with Crippen LogP contribution < -0.4 is 10.6 Å². The summed E-state index contributed by atoms with van der Waals surface area (Å²) in [5.41, 5.74) is 1.44. The summed E-state index contributed by atoms with van der Waals surface area (Å²) >= 11 is 13.2. The molecule has 7 heteroatoms. The van der Waals surface area contributed by atoms with Crippen LogP contribution in [0.3, 0.4) is 0 Å². The van der Waals surface area contributed by atoms with Crippen molar-refractivity contribution in [2.24, 2.45) is 0 Å². The largest absolute Gasteiger partial charge is 0.322 e. The Bertz CT molecular complexity index is 927. The highest BCUT2D eigenvalue weighted by atomic mass is 35.5. The molecule has 3 aromatic rings. The van der Waals surface area contributed by atoms with Gasteiger partial charge in [-0.3, -0.25) is 9.59 Å². The molecule has 0 aliphatic heterocycles. The van der Waals surface area contributed by atoms with Gasteiger partial charge >= 0.3 is 0 Å². The average molecular weight is 391 g/mol. The summed E-state index contributed by atoms with van der Waals surface area (Å²) in [5, 5.41) is 8.11. The van der Waals surface area contributed by atoms with Gasteiger partial charge in [0, 0.05) is 16.4 Å². The van der Waals surface area contributed by atoms with E-state index >= 15 is 0 Å². The van der Waals surface area contributed by atoms with E-state index in [4.69, 9.17) is 23.2 Å². The first-order valence-corrected chi connectivity index (χ1v) is 8.88. The van der Waals surface area contributed by atoms with E-state index in [0.717, 1.165) is 0 Å². The third-order valence-electron chi connectivity index (χ3n) is 3.30. The molecule has 0 saturated carbocycles. The summed E-state index contributed by atoms with van der Waals surface area (Å²) < 4.78 is 0. The van der Waals surface area contributed by atoms with Crippen LogP contribution in [-0.4, -0.2) is 11.8 Å². The maximum absolute atomic E-state index is 12.3. The van der Waals surface area contributed by atoms with Gasteiger partial charge in [0.2, 0.25) is 0 Å². The molecular formula is C18H12Cl2N2O2S. The number of carbonyl (C=O) groups is 2. The van der Waals surface area contributed by atoms with Crippen LogP contribution in [-0.2, 0) is 0 Å². The Morgan fingerprint density at radius 1 is 0.840 bits per heavy atom. The van der Waals surface area contributed by atoms with E-state index in [9.17, 15) is 9.59 Å². The van der Waals surface area contributed by atoms with Crippen LogP contribution in [0.5, 0.6) is 0 Å². The van der Waals surface area contributed by atoms with Gasteiger partial charge < -0.3 is 10.6 Å². The minimum atomic E-state index is -0.358. The summed E-state index contributed by atoms with van der Waals surface area (Å²) in [5.74, 6) is -0.553. The lowest BCUT2D eigenvalue weighted by Crippen LogP contribution is -2.13. The topological polar surface area (TPSA) is 58.2 Å². The van der Waals surface area contributed by atoms with Gasteiger partial charge in [0.15, 0.2) is 0 Å². The molecule has 25 heavy (non-hydrogen) atoms. The van der Waals surface area contributed by atoms with E-state index in [1.807, 2.05) is 11.4 Å². The van der Waals surface area contributed by atoms with Gasteiger partial charge in [0.25, 0.3) is 11.8 Å². The summed E-state index contributed by atoms with van der Waals surface area (Å²) in [6.07, 6.45) is 0. The number of hydrogen-bond acceptors (Lipinski definition) is 3. The molecular weight excluding hydrogens is 379 g/mol. The molecule has 126 valence electrons. The quantitative estimate of drug-likeness (QED) is 0.612. The Morgan fingerprint density at radius 2 is 1.56 bits per heavy atom. The number of hydrogen-bond donors (Lipinski definition) is 2. The molecule has 3 rings (SSSR count). The minimum absolute atomic E-state index is 0.195. The number of rotatable bonds is 4. The Hall–Kier alpha value is -2.34. The van der Waals surface area contributed by atoms with Crippen LogP contribution in [0.25, 0.3) is 0 Å². The molecule has 0 atom stereocenters. The average Bonchev–Trinajstić information content (AvgIpc) is 3.09. The van der Waals surface area contributed by atoms with E-state index in [0.29, 0.717) is 26.8 Å². The summed E-state index contributed by atoms with van der Waals surface area (Å²) in [7, 11) is 0. The monoisotopic (exact) mass is 390 g/mol. The van der Waals surface area contributed by atoms with Crippen LogP contribution in [0.2, 0.25) is 10.0 Å². The highest BCUT2D eigenvalue weighted by Crippen LogP contribution is 2.23. The van der Waals surface area contributed by atoms with Crippen molar-refractivity contribution in [2.75, 3.05) is 10.6 Å². The van der Waals surface area contributed by atoms with Gasteiger partial charge in [-0.1, -0.05) is 35.3 Å². The fourth-order valence-electron chi connectivity index (χ4n) is 2.15. The number of benzene rings is 2. The second-order valence-corrected chi connectivity index (χ2v) is 6.88. The smallest absolute Gasteiger partial charge is 0.265 e. The molecule has 2 N–H and O–H groups in total. The molecule has 1 heterocycles. The highest BCUT2D eigenvalue weighted by Gasteiger charge is 2.12. The number of anilines is 2. The standard InChI is InChI=1S/C18H12Cl2N2O2S/c19-11-6-7-14(15(20)9-11)17(23)21-12-3-1-4-13(10-12)22-18(24)16-5-2-8-25-16/h1-10H,(H,21,23)(H,22,24). The summed E-state index contributed by atoms with van der Waals surface area (Å²) in [6.45, 7) is 0. The molecule has 0 spiro atoms. The molecule has 2 amide bonds. The Kier molecular flexibility index (Phi) is 5.38. The molecule has 2 aromatic carbocycles. The molecule has 0 unspecified atom stereocenters. The van der Waals surface area contributed by atoms with Crippen LogP contribution in [0, 0.1) is 0 Å². The van der Waals surface area contributed by atoms with Crippen LogP contribution in [0.15, 0.2) is 60.0 Å². The molecule has 0 fully saturated rings. The predicted molar refractivity (Wildman–Crippen MR) is 103 cm³/mol. The van der Waals surface area contributed by atoms with Crippen LogP contribution in [0.4, 0.5) is 11.4 Å². The molecule has 0 saturated heterocycles. The second kappa shape index (κ2) is 7.70. The van der Waals surface area contributed by atoms with E-state index < -0.39 is 0 Å². The van der Waals surface area contributed by atoms with Crippen LogP contribution >= 0.6 is 34.5 Å². The number of halogens is 2. The van der Waals surface area contributed by atoms with E-state index in [2.05, 4.69) is 10.6 Å². The van der Waals surface area contributed by atoms with Crippen molar-refractivity contribution in [1.29, 1.82) is 0 Å². The van der Waals surface area contributed by atoms with Gasteiger partial charge in [0.05, 0.1) is 15.5 Å². The van der Waals surface area contributed by atoms with Crippen molar-refractivity contribution in [3.63, 3.8) is 0 Å². The first kappa shape index (κ1) is 17.5. The van der Waals surface area contributed by atoms with Gasteiger partial charge in [-0.05, 0) is 47.8 Å². The second-order valence-electron chi connectivity index (χ2n) is 5.09. The highest BCUT2D eigenvalue weighted by molar-refractivity contribution is 7.12. The molecule has 4 nitrogen and oxygen atoms in total. The fourth-order valence-corrected chi connectivity index (χ4v) is 3.26. The van der Waals surface area contributed by atoms with Crippen molar-refractivity contribution < 1.29 is 9.59 Å². The zero-order valence-corrected chi connectivity index (χ0v) is 15.1. The predicted octanol–water partition coefficient (Wildman–Crippen LogP) is 5.56. The number of nitrogens with one attached hydrogen (secondary N) is 2. The number of amides is 2. The van der Waals surface area contributed by atoms with Crippen LogP contribution in [0.1, 0.15) is 20.0 Å². The molecule has 0 radical (unpaired) electrons. The third-order valence-corrected chi connectivity index (χ3v) is 4.72. The third kappa shape index (κ3) is 4.39. The van der Waals surface area contributed by atoms with Crippen molar-refractivity contribution in [3.8, 4) is 0 Å². The number of carbonyl (C=O) groups excluding carboxylic acids is 2. The van der Waals surface area contributed by atoms with Gasteiger partial charge in [-0.15, -0.1) is 11.3 Å². The molecule has 1 aromatic heterocycles. The van der Waals surface area contributed by atoms with Gasteiger partial charge in [-0.25, -0.2) is 0 Å². The van der Waals surface area contributed by atoms with Crippen molar-refractivity contribution in [2.45, 2.75) is 0 Å². The van der Waals surface area contributed by atoms with Crippen molar-refractivity contribution >= 4 is 57.7 Å². The van der Waals surface area contributed by atoms with Gasteiger partial charge in [-0.2, -0.15) is 0 Å². The molecule has 0 aliphatic carbocycles. The molecule has 0 bridgehead atoms. The van der Waals surface area contributed by atoms with Crippen molar-refractivity contribution in [1.82, 2.24) is 0 Å². The normalized spacial score (nSPS) is 10.3. The van der Waals surface area contributed by atoms with E-state index in [1.54, 1.807) is 42.5 Å². The Morgan fingerprint density at radius 3 is 2.20 bits per heavy atom. The zero-order valence-electron chi connectivity index (χ0n) is 12.8. The first-order chi connectivity index (χ1) is 12.0. The summed E-state index contributed by atoms with van der Waals surface area (Å²) in [6, 6.07) is 15.1. The summed E-state index contributed by atoms with van der Waals surface area (Å²) in [4.78, 5) is 25.0. The van der Waals surface area contributed by atoms with E-state index in [1.165, 1.54) is 17.4 Å². The lowest BCUT2D eigenvalue weighted by atomic mass is 10.2. The first-order valence-electron chi connectivity index (χ1n) is 7.24. The minimum Gasteiger partial charge on any atom is -0.322 e. The Labute approximate surface area is 158 Å². The maximum atomic E-state index is 12.3. The lowest BCUT2D eigenvalue weighted by Gasteiger charge is -2.09. The number of thiophene rings is 1. The van der Waals surface area contributed by atoms with Crippen molar-refractivity contribution in [3.05, 3.63) is 80.5 Å². The lowest BCUT2D eigenvalue weighted by molar-refractivity contribution is 0.102. The van der Waals surface area contributed by atoms with E-state index in [-0.39, 0.29) is 16.8 Å². The maximum Gasteiger partial charge on any atom is 0.265 e. The SMILES string of the molecule is O=C(Nc1cccc(NC(=O)c2ccc(Cl)cc2Cl)c1)c1cccs1.